The summed E-state index contributed by atoms with van der Waals surface area (Å²) in [5, 5.41) is 3.75. The summed E-state index contributed by atoms with van der Waals surface area (Å²) >= 11 is 0. The van der Waals surface area contributed by atoms with Gasteiger partial charge in [0.2, 0.25) is 0 Å². The molecule has 0 unspecified atom stereocenters. The molecule has 0 aliphatic heterocycles. The van der Waals surface area contributed by atoms with Crippen molar-refractivity contribution in [2.75, 3.05) is 6.54 Å². The minimum Gasteiger partial charge on any atom is -0.359 e. The van der Waals surface area contributed by atoms with Gasteiger partial charge in [0.1, 0.15) is 0 Å². The van der Waals surface area contributed by atoms with Crippen LogP contribution in [-0.2, 0) is 6.54 Å². The highest BCUT2D eigenvalue weighted by Gasteiger charge is 2.24. The standard InChI is InChI=1S/C14H24N4O2/c1-10(2)8-18(11-5-3-4-6-11)9-12-7-13(17-20-12)14(19)16-15/h7,10-11H,3-6,8-9,15H2,1-2H3,(H,16,19). The minimum absolute atomic E-state index is 0.235. The summed E-state index contributed by atoms with van der Waals surface area (Å²) in [4.78, 5) is 13.8. The maximum atomic E-state index is 11.4. The molecule has 1 saturated carbocycles. The Morgan fingerprint density at radius 3 is 2.85 bits per heavy atom. The zero-order chi connectivity index (χ0) is 14.5. The first-order chi connectivity index (χ1) is 9.60. The lowest BCUT2D eigenvalue weighted by atomic mass is 10.1. The summed E-state index contributed by atoms with van der Waals surface area (Å²) in [6.07, 6.45) is 5.10. The van der Waals surface area contributed by atoms with Gasteiger partial charge in [0.25, 0.3) is 5.91 Å². The highest BCUT2D eigenvalue weighted by atomic mass is 16.5. The second-order valence-corrected chi connectivity index (χ2v) is 5.91. The van der Waals surface area contributed by atoms with E-state index in [9.17, 15) is 4.79 Å². The molecular formula is C14H24N4O2. The average molecular weight is 280 g/mol. The number of nitrogens with one attached hydrogen (secondary N) is 1. The van der Waals surface area contributed by atoms with Crippen molar-refractivity contribution in [3.05, 3.63) is 17.5 Å². The Bertz CT molecular complexity index is 438. The maximum absolute atomic E-state index is 11.4. The number of aromatic nitrogens is 1. The molecule has 112 valence electrons. The van der Waals surface area contributed by atoms with E-state index in [4.69, 9.17) is 10.4 Å². The summed E-state index contributed by atoms with van der Waals surface area (Å²) < 4.78 is 5.25. The van der Waals surface area contributed by atoms with Crippen molar-refractivity contribution in [2.24, 2.45) is 11.8 Å². The van der Waals surface area contributed by atoms with E-state index in [-0.39, 0.29) is 5.69 Å². The van der Waals surface area contributed by atoms with E-state index in [1.54, 1.807) is 6.07 Å². The van der Waals surface area contributed by atoms with Gasteiger partial charge in [-0.2, -0.15) is 0 Å². The molecule has 1 aromatic heterocycles. The molecular weight excluding hydrogens is 256 g/mol. The summed E-state index contributed by atoms with van der Waals surface area (Å²) in [5.41, 5.74) is 2.29. The largest absolute Gasteiger partial charge is 0.359 e. The van der Waals surface area contributed by atoms with Gasteiger partial charge in [0.05, 0.1) is 6.54 Å². The van der Waals surface area contributed by atoms with Crippen LogP contribution in [0.3, 0.4) is 0 Å². The van der Waals surface area contributed by atoms with Gasteiger partial charge in [-0.05, 0) is 18.8 Å². The predicted molar refractivity (Wildman–Crippen MR) is 75.7 cm³/mol. The van der Waals surface area contributed by atoms with Gasteiger partial charge in [-0.25, -0.2) is 5.84 Å². The fraction of sp³-hybridized carbons (Fsp3) is 0.714. The van der Waals surface area contributed by atoms with Crippen molar-refractivity contribution in [1.29, 1.82) is 0 Å². The van der Waals surface area contributed by atoms with Crippen LogP contribution in [0.2, 0.25) is 0 Å². The molecule has 1 fully saturated rings. The molecule has 0 saturated heterocycles. The SMILES string of the molecule is CC(C)CN(Cc1cc(C(=O)NN)no1)C1CCCC1. The average Bonchev–Trinajstić information content (AvgIpc) is 3.07. The molecule has 1 aliphatic carbocycles. The summed E-state index contributed by atoms with van der Waals surface area (Å²) in [7, 11) is 0. The molecule has 3 N–H and O–H groups in total. The fourth-order valence-corrected chi connectivity index (χ4v) is 2.85. The number of nitrogens with two attached hydrogens (primary N) is 1. The van der Waals surface area contributed by atoms with Crippen LogP contribution < -0.4 is 11.3 Å². The molecule has 0 aromatic carbocycles. The van der Waals surface area contributed by atoms with Crippen molar-refractivity contribution >= 4 is 5.91 Å². The Labute approximate surface area is 119 Å². The third-order valence-electron chi connectivity index (χ3n) is 3.72. The summed E-state index contributed by atoms with van der Waals surface area (Å²) in [6.45, 7) is 6.17. The van der Waals surface area contributed by atoms with Gasteiger partial charge in [0, 0.05) is 18.7 Å². The third kappa shape index (κ3) is 3.80. The number of nitrogen functional groups attached to an aromatic ring is 1. The second kappa shape index (κ2) is 6.85. The molecule has 6 heteroatoms. The highest BCUT2D eigenvalue weighted by Crippen LogP contribution is 2.25. The van der Waals surface area contributed by atoms with Gasteiger partial charge in [-0.3, -0.25) is 15.1 Å². The number of carbonyl (C=O) groups is 1. The quantitative estimate of drug-likeness (QED) is 0.470. The van der Waals surface area contributed by atoms with Crippen molar-refractivity contribution in [1.82, 2.24) is 15.5 Å². The van der Waals surface area contributed by atoms with Gasteiger partial charge in [-0.1, -0.05) is 31.8 Å². The van der Waals surface area contributed by atoms with Crippen LogP contribution in [0.15, 0.2) is 10.6 Å². The lowest BCUT2D eigenvalue weighted by Crippen LogP contribution is -2.35. The van der Waals surface area contributed by atoms with E-state index < -0.39 is 5.91 Å². The van der Waals surface area contributed by atoms with E-state index in [0.29, 0.717) is 18.5 Å². The molecule has 0 bridgehead atoms. The Kier molecular flexibility index (Phi) is 5.14. The molecule has 6 nitrogen and oxygen atoms in total. The molecule has 20 heavy (non-hydrogen) atoms. The van der Waals surface area contributed by atoms with E-state index >= 15 is 0 Å². The first-order valence-electron chi connectivity index (χ1n) is 7.30. The number of hydrazine groups is 1. The van der Waals surface area contributed by atoms with E-state index in [0.717, 1.165) is 12.3 Å². The van der Waals surface area contributed by atoms with Crippen molar-refractivity contribution in [3.8, 4) is 0 Å². The van der Waals surface area contributed by atoms with Crippen molar-refractivity contribution in [3.63, 3.8) is 0 Å². The topological polar surface area (TPSA) is 84.4 Å². The summed E-state index contributed by atoms with van der Waals surface area (Å²) in [5.74, 6) is 5.99. The Morgan fingerprint density at radius 2 is 2.25 bits per heavy atom. The number of hydrogen-bond acceptors (Lipinski definition) is 5. The lowest BCUT2D eigenvalue weighted by Gasteiger charge is -2.29. The summed E-state index contributed by atoms with van der Waals surface area (Å²) in [6, 6.07) is 2.29. The monoisotopic (exact) mass is 280 g/mol. The van der Waals surface area contributed by atoms with Crippen LogP contribution in [0, 0.1) is 5.92 Å². The van der Waals surface area contributed by atoms with Crippen LogP contribution in [0.25, 0.3) is 0 Å². The van der Waals surface area contributed by atoms with E-state index in [1.165, 1.54) is 25.7 Å². The van der Waals surface area contributed by atoms with Gasteiger partial charge in [-0.15, -0.1) is 0 Å². The zero-order valence-electron chi connectivity index (χ0n) is 12.3. The van der Waals surface area contributed by atoms with Crippen LogP contribution in [0.1, 0.15) is 55.8 Å². The van der Waals surface area contributed by atoms with Crippen molar-refractivity contribution < 1.29 is 9.32 Å². The maximum Gasteiger partial charge on any atom is 0.287 e. The number of carbonyl (C=O) groups excluding carboxylic acids is 1. The molecule has 1 aromatic rings. The molecule has 0 spiro atoms. The van der Waals surface area contributed by atoms with Gasteiger partial charge >= 0.3 is 0 Å². The second-order valence-electron chi connectivity index (χ2n) is 5.91. The Morgan fingerprint density at radius 1 is 1.55 bits per heavy atom. The number of hydrogen-bond donors (Lipinski definition) is 2. The van der Waals surface area contributed by atoms with E-state index in [1.807, 2.05) is 0 Å². The predicted octanol–water partition coefficient (Wildman–Crippen LogP) is 1.68. The molecule has 2 rings (SSSR count). The molecule has 0 atom stereocenters. The third-order valence-corrected chi connectivity index (χ3v) is 3.72. The van der Waals surface area contributed by atoms with Crippen LogP contribution in [-0.4, -0.2) is 28.6 Å². The molecule has 0 radical (unpaired) electrons. The first kappa shape index (κ1) is 15.0. The van der Waals surface area contributed by atoms with Gasteiger partial charge < -0.3 is 4.52 Å². The number of nitrogens with zero attached hydrogens (tertiary/aromatic N) is 2. The first-order valence-corrected chi connectivity index (χ1v) is 7.30. The van der Waals surface area contributed by atoms with Crippen LogP contribution >= 0.6 is 0 Å². The Balaban J connectivity index is 2.02. The smallest absolute Gasteiger partial charge is 0.287 e. The Hall–Kier alpha value is -1.40. The number of rotatable bonds is 6. The minimum atomic E-state index is -0.420. The van der Waals surface area contributed by atoms with Crippen molar-refractivity contribution in [2.45, 2.75) is 52.1 Å². The van der Waals surface area contributed by atoms with E-state index in [2.05, 4.69) is 29.3 Å². The normalized spacial score (nSPS) is 16.2. The molecule has 1 amide bonds. The molecule has 1 heterocycles. The van der Waals surface area contributed by atoms with Crippen LogP contribution in [0.4, 0.5) is 0 Å². The zero-order valence-corrected chi connectivity index (χ0v) is 12.3. The lowest BCUT2D eigenvalue weighted by molar-refractivity contribution is 0.0944. The van der Waals surface area contributed by atoms with Crippen LogP contribution in [0.5, 0.6) is 0 Å². The fourth-order valence-electron chi connectivity index (χ4n) is 2.85. The van der Waals surface area contributed by atoms with Gasteiger partial charge in [0.15, 0.2) is 11.5 Å². The number of amides is 1. The molecule has 1 aliphatic rings. The highest BCUT2D eigenvalue weighted by molar-refractivity contribution is 5.91.